The van der Waals surface area contributed by atoms with Gasteiger partial charge in [-0.05, 0) is 12.1 Å². The molecule has 1 aromatic carbocycles. The maximum absolute atomic E-state index is 11.0. The molecule has 1 N–H and O–H groups in total. The fraction of sp³-hybridized carbons (Fsp3) is 0. The van der Waals surface area contributed by atoms with Crippen LogP contribution in [0.3, 0.4) is 0 Å². The predicted octanol–water partition coefficient (Wildman–Crippen LogP) is 0.637. The Balaban J connectivity index is 0.000000396. The molecule has 4 nitrogen and oxygen atoms in total. The number of carbonyl (C=O) groups excluding carboxylic acids is 3. The third-order valence-corrected chi connectivity index (χ3v) is 1.63. The lowest BCUT2D eigenvalue weighted by molar-refractivity contribution is -0.112. The van der Waals surface area contributed by atoms with Gasteiger partial charge in [-0.1, -0.05) is 12.1 Å². The molecule has 0 aliphatic carbocycles. The lowest BCUT2D eigenvalue weighted by Gasteiger charge is -1.91. The maximum Gasteiger partial charge on any atom is 0.296 e. The molecule has 0 radical (unpaired) electrons. The molecule has 4 heteroatoms. The fourth-order valence-corrected chi connectivity index (χ4v) is 1.09. The number of carbonyl (C=O) groups is 3. The van der Waals surface area contributed by atoms with E-state index in [1.54, 1.807) is 24.3 Å². The largest absolute Gasteiger partial charge is 0.318 e. The van der Waals surface area contributed by atoms with Crippen LogP contribution in [-0.2, 0) is 9.59 Å². The van der Waals surface area contributed by atoms with Gasteiger partial charge in [-0.15, -0.1) is 0 Å². The van der Waals surface area contributed by atoms with Crippen LogP contribution in [0.1, 0.15) is 10.4 Å². The van der Waals surface area contributed by atoms with Gasteiger partial charge in [0.1, 0.15) is 6.79 Å². The zero-order chi connectivity index (χ0) is 9.84. The summed E-state index contributed by atoms with van der Waals surface area (Å²) < 4.78 is 0. The molecule has 0 spiro atoms. The number of para-hydroxylation sites is 1. The SMILES string of the molecule is C=O.O=C1Nc2ccccc2C1=O. The quantitative estimate of drug-likeness (QED) is 0.591. The van der Waals surface area contributed by atoms with Crippen molar-refractivity contribution in [2.45, 2.75) is 0 Å². The van der Waals surface area contributed by atoms with Gasteiger partial charge in [-0.25, -0.2) is 0 Å². The molecule has 1 aliphatic heterocycles. The number of amides is 1. The minimum Gasteiger partial charge on any atom is -0.318 e. The van der Waals surface area contributed by atoms with E-state index in [9.17, 15) is 9.59 Å². The van der Waals surface area contributed by atoms with Crippen LogP contribution in [0.5, 0.6) is 0 Å². The number of benzene rings is 1. The Hall–Kier alpha value is -1.97. The molecule has 0 unspecified atom stereocenters. The van der Waals surface area contributed by atoms with Gasteiger partial charge in [-0.3, -0.25) is 9.59 Å². The Bertz CT molecular complexity index is 360. The van der Waals surface area contributed by atoms with E-state index in [1.807, 2.05) is 6.79 Å². The number of Topliss-reactive ketones (excluding diaryl/α,β-unsaturated/α-hetero) is 1. The zero-order valence-electron chi connectivity index (χ0n) is 6.74. The van der Waals surface area contributed by atoms with Crippen LogP contribution in [0.4, 0.5) is 5.69 Å². The zero-order valence-corrected chi connectivity index (χ0v) is 6.74. The predicted molar refractivity (Wildman–Crippen MR) is 46.5 cm³/mol. The van der Waals surface area contributed by atoms with Gasteiger partial charge in [0.2, 0.25) is 0 Å². The van der Waals surface area contributed by atoms with E-state index in [1.165, 1.54) is 0 Å². The summed E-state index contributed by atoms with van der Waals surface area (Å²) in [5, 5.41) is 2.46. The highest BCUT2D eigenvalue weighted by molar-refractivity contribution is 6.51. The molecule has 0 fully saturated rings. The van der Waals surface area contributed by atoms with Crippen LogP contribution in [-0.4, -0.2) is 18.5 Å². The van der Waals surface area contributed by atoms with Crippen molar-refractivity contribution in [1.82, 2.24) is 0 Å². The fourth-order valence-electron chi connectivity index (χ4n) is 1.09. The second-order valence-electron chi connectivity index (χ2n) is 2.33. The van der Waals surface area contributed by atoms with Crippen LogP contribution in [0, 0.1) is 0 Å². The molecule has 0 saturated carbocycles. The minimum absolute atomic E-state index is 0.444. The lowest BCUT2D eigenvalue weighted by atomic mass is 10.1. The molecule has 66 valence electrons. The lowest BCUT2D eigenvalue weighted by Crippen LogP contribution is -2.12. The second kappa shape index (κ2) is 3.62. The summed E-state index contributed by atoms with van der Waals surface area (Å²) in [6, 6.07) is 6.85. The summed E-state index contributed by atoms with van der Waals surface area (Å²) in [7, 11) is 0. The third kappa shape index (κ3) is 1.46. The van der Waals surface area contributed by atoms with Crippen LogP contribution in [0.25, 0.3) is 0 Å². The Morgan fingerprint density at radius 1 is 1.08 bits per heavy atom. The first kappa shape index (κ1) is 9.12. The molecule has 0 saturated heterocycles. The van der Waals surface area contributed by atoms with Crippen molar-refractivity contribution in [2.75, 3.05) is 5.32 Å². The molecule has 1 aliphatic rings. The summed E-state index contributed by atoms with van der Waals surface area (Å²) in [4.78, 5) is 29.8. The van der Waals surface area contributed by atoms with E-state index in [0.717, 1.165) is 0 Å². The summed E-state index contributed by atoms with van der Waals surface area (Å²) in [6.45, 7) is 2.00. The van der Waals surface area contributed by atoms with E-state index in [-0.39, 0.29) is 0 Å². The van der Waals surface area contributed by atoms with E-state index < -0.39 is 11.7 Å². The molecular formula is C9H7NO3. The average molecular weight is 177 g/mol. The second-order valence-corrected chi connectivity index (χ2v) is 2.33. The minimum atomic E-state index is -0.536. The first-order valence-corrected chi connectivity index (χ1v) is 3.52. The standard InChI is InChI=1S/C8H5NO2.CH2O/c10-7-5-3-1-2-4-6(5)9-8(7)11;1-2/h1-4H,(H,9,10,11);1H2. The number of anilines is 1. The molecule has 0 aromatic heterocycles. The van der Waals surface area contributed by atoms with Crippen LogP contribution in [0.2, 0.25) is 0 Å². The normalized spacial score (nSPS) is 12.6. The molecule has 1 amide bonds. The van der Waals surface area contributed by atoms with Gasteiger partial charge >= 0.3 is 0 Å². The number of fused-ring (bicyclic) bond motifs is 1. The molecule has 1 heterocycles. The van der Waals surface area contributed by atoms with Crippen molar-refractivity contribution < 1.29 is 14.4 Å². The first-order valence-electron chi connectivity index (χ1n) is 3.52. The summed E-state index contributed by atoms with van der Waals surface area (Å²) >= 11 is 0. The van der Waals surface area contributed by atoms with E-state index in [2.05, 4.69) is 5.32 Å². The highest BCUT2D eigenvalue weighted by Gasteiger charge is 2.26. The monoisotopic (exact) mass is 177 g/mol. The highest BCUT2D eigenvalue weighted by atomic mass is 16.2. The van der Waals surface area contributed by atoms with Crippen LogP contribution in [0.15, 0.2) is 24.3 Å². The van der Waals surface area contributed by atoms with Crippen LogP contribution >= 0.6 is 0 Å². The van der Waals surface area contributed by atoms with Crippen molar-refractivity contribution >= 4 is 24.2 Å². The number of rotatable bonds is 0. The number of hydrogen-bond donors (Lipinski definition) is 1. The smallest absolute Gasteiger partial charge is 0.296 e. The van der Waals surface area contributed by atoms with E-state index >= 15 is 0 Å². The molecule has 0 atom stereocenters. The van der Waals surface area contributed by atoms with Gasteiger partial charge in [0, 0.05) is 0 Å². The Morgan fingerprint density at radius 3 is 2.31 bits per heavy atom. The Morgan fingerprint density at radius 2 is 1.69 bits per heavy atom. The van der Waals surface area contributed by atoms with E-state index in [0.29, 0.717) is 11.3 Å². The van der Waals surface area contributed by atoms with Crippen molar-refractivity contribution in [1.29, 1.82) is 0 Å². The molecule has 1 aromatic rings. The van der Waals surface area contributed by atoms with E-state index in [4.69, 9.17) is 4.79 Å². The van der Waals surface area contributed by atoms with Crippen molar-refractivity contribution in [3.63, 3.8) is 0 Å². The van der Waals surface area contributed by atoms with Crippen molar-refractivity contribution in [2.24, 2.45) is 0 Å². The van der Waals surface area contributed by atoms with Gasteiger partial charge in [0.05, 0.1) is 11.3 Å². The van der Waals surface area contributed by atoms with Gasteiger partial charge in [0.15, 0.2) is 0 Å². The number of nitrogens with one attached hydrogen (secondary N) is 1. The van der Waals surface area contributed by atoms with Crippen LogP contribution < -0.4 is 5.32 Å². The Kier molecular flexibility index (Phi) is 2.54. The van der Waals surface area contributed by atoms with Gasteiger partial charge in [-0.2, -0.15) is 0 Å². The summed E-state index contributed by atoms with van der Waals surface area (Å²) in [5.41, 5.74) is 1.08. The summed E-state index contributed by atoms with van der Waals surface area (Å²) in [5.74, 6) is -0.980. The highest BCUT2D eigenvalue weighted by Crippen LogP contribution is 2.21. The van der Waals surface area contributed by atoms with Gasteiger partial charge in [0.25, 0.3) is 11.7 Å². The van der Waals surface area contributed by atoms with Gasteiger partial charge < -0.3 is 10.1 Å². The third-order valence-electron chi connectivity index (χ3n) is 1.63. The Labute approximate surface area is 74.6 Å². The number of ketones is 1. The molecule has 2 rings (SSSR count). The van der Waals surface area contributed by atoms with Crippen molar-refractivity contribution in [3.8, 4) is 0 Å². The summed E-state index contributed by atoms with van der Waals surface area (Å²) in [6.07, 6.45) is 0. The maximum atomic E-state index is 11.0. The van der Waals surface area contributed by atoms with Crippen molar-refractivity contribution in [3.05, 3.63) is 29.8 Å². The molecule has 0 bridgehead atoms. The average Bonchev–Trinajstić information content (AvgIpc) is 2.47. The first-order chi connectivity index (χ1) is 6.29. The molecule has 13 heavy (non-hydrogen) atoms. The topological polar surface area (TPSA) is 63.2 Å². The number of hydrogen-bond acceptors (Lipinski definition) is 3. The molecular weight excluding hydrogens is 170 g/mol.